The number of nitrogens with zero attached hydrogens (tertiary/aromatic N) is 4. The van der Waals surface area contributed by atoms with Crippen LogP contribution in [0, 0.1) is 0 Å². The van der Waals surface area contributed by atoms with Crippen LogP contribution in [-0.4, -0.2) is 50.9 Å². The van der Waals surface area contributed by atoms with Crippen molar-refractivity contribution in [2.24, 2.45) is 0 Å². The summed E-state index contributed by atoms with van der Waals surface area (Å²) >= 11 is 0. The van der Waals surface area contributed by atoms with Crippen molar-refractivity contribution in [1.82, 2.24) is 19.7 Å². The van der Waals surface area contributed by atoms with Crippen LogP contribution in [0.4, 0.5) is 13.2 Å². The van der Waals surface area contributed by atoms with E-state index in [4.69, 9.17) is 4.74 Å². The summed E-state index contributed by atoms with van der Waals surface area (Å²) in [4.78, 5) is 31.3. The average Bonchev–Trinajstić information content (AvgIpc) is 3.14. The van der Waals surface area contributed by atoms with Crippen LogP contribution in [0.25, 0.3) is 10.8 Å². The number of aromatic nitrogens is 3. The van der Waals surface area contributed by atoms with Gasteiger partial charge in [0.05, 0.1) is 19.6 Å². The molecule has 0 aliphatic carbocycles. The second-order valence-corrected chi connectivity index (χ2v) is 7.48. The highest BCUT2D eigenvalue weighted by atomic mass is 19.4. The van der Waals surface area contributed by atoms with Crippen molar-refractivity contribution in [2.75, 3.05) is 13.2 Å². The Balaban J connectivity index is 1.62. The first kappa shape index (κ1) is 21.8. The van der Waals surface area contributed by atoms with E-state index in [2.05, 4.69) is 10.1 Å². The highest BCUT2D eigenvalue weighted by Gasteiger charge is 2.33. The number of benzene rings is 1. The van der Waals surface area contributed by atoms with Gasteiger partial charge in [0.15, 0.2) is 5.69 Å². The molecule has 168 valence electrons. The predicted molar refractivity (Wildman–Crippen MR) is 109 cm³/mol. The number of carbonyl (C=O) groups excluding carboxylic acids is 2. The van der Waals surface area contributed by atoms with Gasteiger partial charge in [-0.05, 0) is 18.4 Å². The quantitative estimate of drug-likeness (QED) is 0.558. The summed E-state index contributed by atoms with van der Waals surface area (Å²) in [5.41, 5.74) is 1.15. The Hall–Kier alpha value is -3.43. The number of carbonyl (C=O) groups is 2. The molecule has 3 aromatic rings. The SMILES string of the molecule is CCOC(=O)c1nn(CCC(F)(F)F)c2c1CN(C(=O)c1cc3ccccc3cn1)CC2. The third-order valence-electron chi connectivity index (χ3n) is 5.35. The summed E-state index contributed by atoms with van der Waals surface area (Å²) < 4.78 is 44.4. The minimum Gasteiger partial charge on any atom is -0.461 e. The van der Waals surface area contributed by atoms with Crippen LogP contribution < -0.4 is 0 Å². The molecule has 2 aromatic heterocycles. The van der Waals surface area contributed by atoms with E-state index in [1.807, 2.05) is 24.3 Å². The topological polar surface area (TPSA) is 77.3 Å². The third kappa shape index (κ3) is 4.44. The molecule has 0 radical (unpaired) electrons. The van der Waals surface area contributed by atoms with E-state index in [0.717, 1.165) is 10.8 Å². The molecule has 3 heterocycles. The number of fused-ring (bicyclic) bond motifs is 2. The van der Waals surface area contributed by atoms with E-state index in [0.29, 0.717) is 11.3 Å². The van der Waals surface area contributed by atoms with E-state index in [9.17, 15) is 22.8 Å². The van der Waals surface area contributed by atoms with Crippen molar-refractivity contribution in [3.8, 4) is 0 Å². The summed E-state index contributed by atoms with van der Waals surface area (Å²) in [7, 11) is 0. The first-order chi connectivity index (χ1) is 15.3. The van der Waals surface area contributed by atoms with E-state index < -0.39 is 25.1 Å². The Bertz CT molecular complexity index is 1170. The van der Waals surface area contributed by atoms with Crippen LogP contribution in [0.15, 0.2) is 36.5 Å². The number of pyridine rings is 1. The van der Waals surface area contributed by atoms with Crippen molar-refractivity contribution in [3.63, 3.8) is 0 Å². The van der Waals surface area contributed by atoms with Crippen molar-refractivity contribution < 1.29 is 27.5 Å². The summed E-state index contributed by atoms with van der Waals surface area (Å²) in [5, 5.41) is 5.88. The van der Waals surface area contributed by atoms with Gasteiger partial charge >= 0.3 is 12.1 Å². The molecular formula is C22H21F3N4O3. The molecule has 1 amide bonds. The number of esters is 1. The molecule has 1 aliphatic heterocycles. The number of alkyl halides is 3. The number of aryl methyl sites for hydroxylation is 1. The van der Waals surface area contributed by atoms with Gasteiger partial charge in [-0.3, -0.25) is 14.5 Å². The Morgan fingerprint density at radius 3 is 2.66 bits per heavy atom. The maximum atomic E-state index is 13.1. The summed E-state index contributed by atoms with van der Waals surface area (Å²) in [6, 6.07) is 9.22. The zero-order valence-corrected chi connectivity index (χ0v) is 17.4. The fraction of sp³-hybridized carbons (Fsp3) is 0.364. The van der Waals surface area contributed by atoms with Crippen LogP contribution >= 0.6 is 0 Å². The molecule has 1 aliphatic rings. The number of hydrogen-bond acceptors (Lipinski definition) is 5. The van der Waals surface area contributed by atoms with Gasteiger partial charge in [-0.2, -0.15) is 18.3 Å². The van der Waals surface area contributed by atoms with Crippen LogP contribution in [0.1, 0.15) is 45.6 Å². The van der Waals surface area contributed by atoms with Crippen LogP contribution in [-0.2, 0) is 24.2 Å². The largest absolute Gasteiger partial charge is 0.461 e. The molecule has 0 atom stereocenters. The van der Waals surface area contributed by atoms with Gasteiger partial charge in [0.1, 0.15) is 5.69 Å². The van der Waals surface area contributed by atoms with E-state index in [1.54, 1.807) is 19.2 Å². The lowest BCUT2D eigenvalue weighted by molar-refractivity contribution is -0.137. The number of ether oxygens (including phenoxy) is 1. The third-order valence-corrected chi connectivity index (χ3v) is 5.35. The lowest BCUT2D eigenvalue weighted by Gasteiger charge is -2.27. The molecule has 0 spiro atoms. The molecule has 0 saturated heterocycles. The van der Waals surface area contributed by atoms with Crippen LogP contribution in [0.3, 0.4) is 0 Å². The van der Waals surface area contributed by atoms with E-state index in [1.165, 1.54) is 9.58 Å². The molecule has 0 bridgehead atoms. The monoisotopic (exact) mass is 446 g/mol. The van der Waals surface area contributed by atoms with Crippen molar-refractivity contribution in [3.05, 3.63) is 59.2 Å². The fourth-order valence-electron chi connectivity index (χ4n) is 3.81. The van der Waals surface area contributed by atoms with Gasteiger partial charge in [-0.15, -0.1) is 0 Å². The van der Waals surface area contributed by atoms with Gasteiger partial charge in [0.25, 0.3) is 5.91 Å². The summed E-state index contributed by atoms with van der Waals surface area (Å²) in [6.07, 6.45) is -3.51. The summed E-state index contributed by atoms with van der Waals surface area (Å²) in [5.74, 6) is -1.04. The Morgan fingerprint density at radius 1 is 1.19 bits per heavy atom. The minimum atomic E-state index is -4.35. The predicted octanol–water partition coefficient (Wildman–Crippen LogP) is 3.76. The maximum absolute atomic E-state index is 13.1. The highest BCUT2D eigenvalue weighted by molar-refractivity contribution is 5.97. The van der Waals surface area contributed by atoms with Crippen LogP contribution in [0.2, 0.25) is 0 Å². The molecule has 7 nitrogen and oxygen atoms in total. The first-order valence-electron chi connectivity index (χ1n) is 10.2. The van der Waals surface area contributed by atoms with Crippen molar-refractivity contribution >= 4 is 22.6 Å². The van der Waals surface area contributed by atoms with Gasteiger partial charge in [0, 0.05) is 42.4 Å². The van der Waals surface area contributed by atoms with E-state index >= 15 is 0 Å². The number of amides is 1. The maximum Gasteiger partial charge on any atom is 0.390 e. The highest BCUT2D eigenvalue weighted by Crippen LogP contribution is 2.27. The lowest BCUT2D eigenvalue weighted by Crippen LogP contribution is -2.37. The first-order valence-corrected chi connectivity index (χ1v) is 10.2. The smallest absolute Gasteiger partial charge is 0.390 e. The zero-order valence-electron chi connectivity index (χ0n) is 17.4. The number of hydrogen-bond donors (Lipinski definition) is 0. The fourth-order valence-corrected chi connectivity index (χ4v) is 3.81. The summed E-state index contributed by atoms with van der Waals surface area (Å²) in [6.45, 7) is 1.66. The Labute approximate surface area is 181 Å². The molecular weight excluding hydrogens is 425 g/mol. The van der Waals surface area contributed by atoms with E-state index in [-0.39, 0.29) is 43.4 Å². The Kier molecular flexibility index (Phi) is 5.86. The molecule has 32 heavy (non-hydrogen) atoms. The van der Waals surface area contributed by atoms with Crippen molar-refractivity contribution in [2.45, 2.75) is 39.0 Å². The number of rotatable bonds is 5. The molecule has 4 rings (SSSR count). The lowest BCUT2D eigenvalue weighted by atomic mass is 10.0. The molecule has 0 unspecified atom stereocenters. The van der Waals surface area contributed by atoms with Gasteiger partial charge in [-0.1, -0.05) is 24.3 Å². The van der Waals surface area contributed by atoms with Gasteiger partial charge in [-0.25, -0.2) is 4.79 Å². The zero-order chi connectivity index (χ0) is 22.9. The molecule has 0 fully saturated rings. The van der Waals surface area contributed by atoms with Crippen LogP contribution in [0.5, 0.6) is 0 Å². The normalized spacial score (nSPS) is 13.8. The molecule has 1 aromatic carbocycles. The molecule has 0 saturated carbocycles. The second-order valence-electron chi connectivity index (χ2n) is 7.48. The number of halogens is 3. The minimum absolute atomic E-state index is 0.0445. The standard InChI is InChI=1S/C22H21F3N4O3/c1-2-32-21(31)19-16-13-28(9-7-18(16)29(27-19)10-8-22(23,24)25)20(30)17-11-14-5-3-4-6-15(14)12-26-17/h3-6,11-12H,2,7-10,13H2,1H3. The second kappa shape index (κ2) is 8.60. The molecule has 10 heteroatoms. The van der Waals surface area contributed by atoms with Gasteiger partial charge in [0.2, 0.25) is 0 Å². The van der Waals surface area contributed by atoms with Gasteiger partial charge < -0.3 is 9.64 Å². The average molecular weight is 446 g/mol. The Morgan fingerprint density at radius 2 is 1.94 bits per heavy atom. The van der Waals surface area contributed by atoms with Crippen molar-refractivity contribution in [1.29, 1.82) is 0 Å². The molecule has 0 N–H and O–H groups in total.